The minimum absolute atomic E-state index is 0.0417. The Morgan fingerprint density at radius 3 is 2.85 bits per heavy atom. The highest BCUT2D eigenvalue weighted by Crippen LogP contribution is 2.24. The Balaban J connectivity index is 2.68. The van der Waals surface area contributed by atoms with Gasteiger partial charge in [-0.2, -0.15) is 0 Å². The molecule has 0 fully saturated rings. The molecule has 68 valence electrons. The van der Waals surface area contributed by atoms with E-state index >= 15 is 0 Å². The minimum Gasteiger partial charge on any atom is -0.504 e. The van der Waals surface area contributed by atoms with Crippen LogP contribution in [0.25, 0.3) is 0 Å². The van der Waals surface area contributed by atoms with Crippen molar-refractivity contribution < 1.29 is 14.6 Å². The van der Waals surface area contributed by atoms with Crippen molar-refractivity contribution in [3.63, 3.8) is 0 Å². The molecule has 0 spiro atoms. The van der Waals surface area contributed by atoms with E-state index in [1.165, 1.54) is 18.2 Å². The molecule has 0 aliphatic carbocycles. The fourth-order valence-corrected chi connectivity index (χ4v) is 0.826. The smallest absolute Gasteiger partial charge is 0.315 e. The number of phenols is 1. The molecule has 0 saturated carbocycles. The number of carbonyl (C=O) groups is 1. The topological polar surface area (TPSA) is 46.5 Å². The summed E-state index contributed by atoms with van der Waals surface area (Å²) in [5, 5.41) is 9.22. The molecule has 0 atom stereocenters. The largest absolute Gasteiger partial charge is 0.504 e. The molecule has 0 aromatic heterocycles. The Bertz CT molecular complexity index is 318. The first kappa shape index (κ1) is 9.32. The van der Waals surface area contributed by atoms with Crippen molar-refractivity contribution in [3.8, 4) is 11.5 Å². The van der Waals surface area contributed by atoms with Crippen molar-refractivity contribution in [2.45, 2.75) is 6.42 Å². The number of hydrogen-bond acceptors (Lipinski definition) is 3. The van der Waals surface area contributed by atoms with Crippen LogP contribution < -0.4 is 4.74 Å². The standard InChI is InChI=1S/C10H10O3/c1-2-5-10(12)13-9-7-4-3-6-8(9)11/h2-4,6-7,11H,1,5H2. The van der Waals surface area contributed by atoms with Gasteiger partial charge in [0, 0.05) is 0 Å². The predicted molar refractivity (Wildman–Crippen MR) is 48.6 cm³/mol. The maximum atomic E-state index is 11.0. The Morgan fingerprint density at radius 1 is 1.54 bits per heavy atom. The van der Waals surface area contributed by atoms with Crippen LogP contribution in [-0.4, -0.2) is 11.1 Å². The number of rotatable bonds is 3. The van der Waals surface area contributed by atoms with Crippen molar-refractivity contribution in [3.05, 3.63) is 36.9 Å². The first-order valence-corrected chi connectivity index (χ1v) is 3.83. The molecule has 0 aliphatic rings. The SMILES string of the molecule is C=CCC(=O)Oc1ccccc1O. The lowest BCUT2D eigenvalue weighted by Crippen LogP contribution is -2.05. The van der Waals surface area contributed by atoms with Gasteiger partial charge in [0.1, 0.15) is 0 Å². The van der Waals surface area contributed by atoms with E-state index < -0.39 is 5.97 Å². The molecule has 3 nitrogen and oxygen atoms in total. The molecule has 13 heavy (non-hydrogen) atoms. The fourth-order valence-electron chi connectivity index (χ4n) is 0.826. The highest BCUT2D eigenvalue weighted by atomic mass is 16.5. The summed E-state index contributed by atoms with van der Waals surface area (Å²) in [6.45, 7) is 3.40. The number of benzene rings is 1. The van der Waals surface area contributed by atoms with Crippen molar-refractivity contribution in [1.29, 1.82) is 0 Å². The van der Waals surface area contributed by atoms with E-state index in [4.69, 9.17) is 4.74 Å². The van der Waals surface area contributed by atoms with Crippen LogP contribution >= 0.6 is 0 Å². The molecule has 0 unspecified atom stereocenters. The number of para-hydroxylation sites is 2. The molecule has 1 aromatic carbocycles. The van der Waals surface area contributed by atoms with E-state index in [0.29, 0.717) is 0 Å². The van der Waals surface area contributed by atoms with Gasteiger partial charge in [0.05, 0.1) is 6.42 Å². The highest BCUT2D eigenvalue weighted by molar-refractivity contribution is 5.74. The van der Waals surface area contributed by atoms with Crippen LogP contribution in [0, 0.1) is 0 Å². The average Bonchev–Trinajstić information content (AvgIpc) is 2.09. The first-order valence-electron chi connectivity index (χ1n) is 3.83. The van der Waals surface area contributed by atoms with E-state index in [2.05, 4.69) is 6.58 Å². The maximum absolute atomic E-state index is 11.0. The minimum atomic E-state index is -0.434. The van der Waals surface area contributed by atoms with Crippen LogP contribution in [0.4, 0.5) is 0 Å². The summed E-state index contributed by atoms with van der Waals surface area (Å²) < 4.78 is 4.83. The molecule has 0 aliphatic heterocycles. The number of aromatic hydroxyl groups is 1. The quantitative estimate of drug-likeness (QED) is 0.436. The van der Waals surface area contributed by atoms with Gasteiger partial charge in [-0.3, -0.25) is 4.79 Å². The van der Waals surface area contributed by atoms with Gasteiger partial charge in [-0.15, -0.1) is 6.58 Å². The number of esters is 1. The monoisotopic (exact) mass is 178 g/mol. The van der Waals surface area contributed by atoms with E-state index in [0.717, 1.165) is 0 Å². The maximum Gasteiger partial charge on any atom is 0.315 e. The van der Waals surface area contributed by atoms with Crippen LogP contribution in [0.1, 0.15) is 6.42 Å². The second kappa shape index (κ2) is 4.30. The zero-order chi connectivity index (χ0) is 9.68. The lowest BCUT2D eigenvalue weighted by atomic mass is 10.3. The normalized spacial score (nSPS) is 9.23. The predicted octanol–water partition coefficient (Wildman–Crippen LogP) is 1.87. The van der Waals surface area contributed by atoms with E-state index in [9.17, 15) is 9.90 Å². The number of hydrogen-bond donors (Lipinski definition) is 1. The number of carbonyl (C=O) groups excluding carboxylic acids is 1. The van der Waals surface area contributed by atoms with Crippen molar-refractivity contribution in [2.24, 2.45) is 0 Å². The van der Waals surface area contributed by atoms with E-state index in [1.54, 1.807) is 12.1 Å². The van der Waals surface area contributed by atoms with Gasteiger partial charge in [0.25, 0.3) is 0 Å². The zero-order valence-electron chi connectivity index (χ0n) is 7.06. The van der Waals surface area contributed by atoms with Gasteiger partial charge in [0.15, 0.2) is 11.5 Å². The van der Waals surface area contributed by atoms with Gasteiger partial charge in [-0.1, -0.05) is 18.2 Å². The summed E-state index contributed by atoms with van der Waals surface area (Å²) in [7, 11) is 0. The third-order valence-electron chi connectivity index (χ3n) is 1.40. The molecule has 0 saturated heterocycles. The third kappa shape index (κ3) is 2.63. The molecular formula is C10H10O3. The first-order chi connectivity index (χ1) is 6.24. The molecular weight excluding hydrogens is 168 g/mol. The molecule has 1 rings (SSSR count). The van der Waals surface area contributed by atoms with Gasteiger partial charge < -0.3 is 9.84 Å². The summed E-state index contributed by atoms with van der Waals surface area (Å²) >= 11 is 0. The second-order valence-corrected chi connectivity index (χ2v) is 2.43. The lowest BCUT2D eigenvalue weighted by molar-refractivity contribution is -0.133. The third-order valence-corrected chi connectivity index (χ3v) is 1.40. The molecule has 0 amide bonds. The van der Waals surface area contributed by atoms with Gasteiger partial charge in [-0.25, -0.2) is 0 Å². The second-order valence-electron chi connectivity index (χ2n) is 2.43. The number of phenolic OH excluding ortho intramolecular Hbond substituents is 1. The Labute approximate surface area is 76.3 Å². The zero-order valence-corrected chi connectivity index (χ0v) is 7.06. The molecule has 0 bridgehead atoms. The summed E-state index contributed by atoms with van der Waals surface area (Å²) in [5.41, 5.74) is 0. The Morgan fingerprint density at radius 2 is 2.23 bits per heavy atom. The summed E-state index contributed by atoms with van der Waals surface area (Å²) in [4.78, 5) is 11.0. The summed E-state index contributed by atoms with van der Waals surface area (Å²) in [6.07, 6.45) is 1.58. The summed E-state index contributed by atoms with van der Waals surface area (Å²) in [5.74, 6) is -0.300. The van der Waals surface area contributed by atoms with Crippen LogP contribution in [0.15, 0.2) is 36.9 Å². The molecule has 1 N–H and O–H groups in total. The van der Waals surface area contributed by atoms with E-state index in [-0.39, 0.29) is 17.9 Å². The van der Waals surface area contributed by atoms with Crippen LogP contribution in [0.2, 0.25) is 0 Å². The van der Waals surface area contributed by atoms with Gasteiger partial charge in [0.2, 0.25) is 0 Å². The van der Waals surface area contributed by atoms with E-state index in [1.807, 2.05) is 0 Å². The van der Waals surface area contributed by atoms with Gasteiger partial charge in [-0.05, 0) is 12.1 Å². The molecule has 1 aromatic rings. The Hall–Kier alpha value is -1.77. The average molecular weight is 178 g/mol. The fraction of sp³-hybridized carbons (Fsp3) is 0.100. The van der Waals surface area contributed by atoms with Crippen LogP contribution in [0.5, 0.6) is 11.5 Å². The highest BCUT2D eigenvalue weighted by Gasteiger charge is 2.05. The van der Waals surface area contributed by atoms with Gasteiger partial charge >= 0.3 is 5.97 Å². The lowest BCUT2D eigenvalue weighted by Gasteiger charge is -2.03. The summed E-state index contributed by atoms with van der Waals surface area (Å²) in [6, 6.07) is 6.31. The van der Waals surface area contributed by atoms with Crippen molar-refractivity contribution in [1.82, 2.24) is 0 Å². The van der Waals surface area contributed by atoms with Crippen LogP contribution in [0.3, 0.4) is 0 Å². The van der Waals surface area contributed by atoms with Crippen molar-refractivity contribution >= 4 is 5.97 Å². The molecule has 0 heterocycles. The van der Waals surface area contributed by atoms with Crippen LogP contribution in [-0.2, 0) is 4.79 Å². The molecule has 3 heteroatoms. The Kier molecular flexibility index (Phi) is 3.09. The molecule has 0 radical (unpaired) electrons. The number of ether oxygens (including phenoxy) is 1. The van der Waals surface area contributed by atoms with Crippen molar-refractivity contribution in [2.75, 3.05) is 0 Å².